The molecule has 6 heteroatoms. The maximum atomic E-state index is 12.0. The highest BCUT2D eigenvalue weighted by molar-refractivity contribution is 6.06. The highest BCUT2D eigenvalue weighted by atomic mass is 16.5. The summed E-state index contributed by atoms with van der Waals surface area (Å²) in [5, 5.41) is 0. The largest absolute Gasteiger partial charge is 0.496 e. The SMILES string of the molecule is COc1ccc(C)c(-c2c(N)c(C(N)=O)n3cc(C)c(C)nc23)c1C. The van der Waals surface area contributed by atoms with Crippen LogP contribution in [0.5, 0.6) is 5.75 Å². The minimum Gasteiger partial charge on any atom is -0.496 e. The van der Waals surface area contributed by atoms with Gasteiger partial charge in [-0.15, -0.1) is 0 Å². The van der Waals surface area contributed by atoms with Gasteiger partial charge in [0.1, 0.15) is 17.1 Å². The van der Waals surface area contributed by atoms with Gasteiger partial charge in [-0.25, -0.2) is 4.98 Å². The molecule has 0 saturated carbocycles. The Labute approximate surface area is 146 Å². The van der Waals surface area contributed by atoms with Crippen molar-refractivity contribution in [1.29, 1.82) is 0 Å². The van der Waals surface area contributed by atoms with E-state index in [0.717, 1.165) is 33.7 Å². The minimum absolute atomic E-state index is 0.252. The molecule has 0 aliphatic rings. The van der Waals surface area contributed by atoms with Crippen LogP contribution >= 0.6 is 0 Å². The zero-order chi connectivity index (χ0) is 18.5. The van der Waals surface area contributed by atoms with Crippen molar-refractivity contribution in [3.05, 3.63) is 46.4 Å². The number of nitrogens with zero attached hydrogens (tertiary/aromatic N) is 2. The first kappa shape index (κ1) is 16.8. The Kier molecular flexibility index (Phi) is 3.91. The molecule has 3 aromatic rings. The van der Waals surface area contributed by atoms with E-state index in [4.69, 9.17) is 16.2 Å². The Hall–Kier alpha value is -3.02. The number of rotatable bonds is 3. The fraction of sp³-hybridized carbons (Fsp3) is 0.263. The molecule has 25 heavy (non-hydrogen) atoms. The molecule has 0 aliphatic carbocycles. The van der Waals surface area contributed by atoms with Crippen molar-refractivity contribution in [2.24, 2.45) is 5.73 Å². The Balaban J connectivity index is 2.52. The van der Waals surface area contributed by atoms with E-state index in [1.807, 2.05) is 46.0 Å². The second kappa shape index (κ2) is 5.81. The van der Waals surface area contributed by atoms with Crippen LogP contribution in [0.25, 0.3) is 16.8 Å². The van der Waals surface area contributed by atoms with E-state index in [1.165, 1.54) is 0 Å². The molecule has 0 spiro atoms. The van der Waals surface area contributed by atoms with Gasteiger partial charge in [-0.05, 0) is 56.0 Å². The van der Waals surface area contributed by atoms with Crippen molar-refractivity contribution >= 4 is 17.2 Å². The van der Waals surface area contributed by atoms with Crippen molar-refractivity contribution in [3.63, 3.8) is 0 Å². The predicted molar refractivity (Wildman–Crippen MR) is 99.1 cm³/mol. The van der Waals surface area contributed by atoms with Crippen LogP contribution in [-0.4, -0.2) is 22.4 Å². The molecule has 0 aliphatic heterocycles. The minimum atomic E-state index is -0.581. The fourth-order valence-electron chi connectivity index (χ4n) is 3.30. The molecular weight excluding hydrogens is 316 g/mol. The Morgan fingerprint density at radius 3 is 2.40 bits per heavy atom. The lowest BCUT2D eigenvalue weighted by Crippen LogP contribution is -2.16. The van der Waals surface area contributed by atoms with E-state index in [-0.39, 0.29) is 5.69 Å². The Morgan fingerprint density at radius 2 is 1.80 bits per heavy atom. The van der Waals surface area contributed by atoms with Gasteiger partial charge in [0.15, 0.2) is 0 Å². The number of aromatic nitrogens is 2. The predicted octanol–water partition coefficient (Wildman–Crippen LogP) is 2.92. The highest BCUT2D eigenvalue weighted by Gasteiger charge is 2.25. The number of hydrogen-bond donors (Lipinski definition) is 2. The topological polar surface area (TPSA) is 95.6 Å². The summed E-state index contributed by atoms with van der Waals surface area (Å²) in [5.41, 5.74) is 18.6. The lowest BCUT2D eigenvalue weighted by Gasteiger charge is -2.14. The van der Waals surface area contributed by atoms with Crippen LogP contribution in [-0.2, 0) is 0 Å². The summed E-state index contributed by atoms with van der Waals surface area (Å²) in [6.07, 6.45) is 1.85. The standard InChI is InChI=1S/C19H22N4O2/c1-9-6-7-13(25-5)11(3)14(9)15-16(20)17(18(21)24)23-8-10(2)12(4)22-19(15)23/h6-8H,20H2,1-5H3,(H2,21,24). The first-order valence-corrected chi connectivity index (χ1v) is 8.00. The molecule has 3 rings (SSSR count). The monoisotopic (exact) mass is 338 g/mol. The third kappa shape index (κ3) is 2.41. The van der Waals surface area contributed by atoms with E-state index in [1.54, 1.807) is 11.5 Å². The average Bonchev–Trinajstić information content (AvgIpc) is 2.80. The molecule has 1 aromatic carbocycles. The van der Waals surface area contributed by atoms with Crippen LogP contribution < -0.4 is 16.2 Å². The van der Waals surface area contributed by atoms with E-state index < -0.39 is 5.91 Å². The van der Waals surface area contributed by atoms with Crippen molar-refractivity contribution < 1.29 is 9.53 Å². The quantitative estimate of drug-likeness (QED) is 0.767. The molecule has 2 heterocycles. The number of fused-ring (bicyclic) bond motifs is 1. The highest BCUT2D eigenvalue weighted by Crippen LogP contribution is 2.41. The maximum Gasteiger partial charge on any atom is 0.267 e. The van der Waals surface area contributed by atoms with Crippen molar-refractivity contribution in [2.75, 3.05) is 12.8 Å². The van der Waals surface area contributed by atoms with Gasteiger partial charge < -0.3 is 16.2 Å². The summed E-state index contributed by atoms with van der Waals surface area (Å²) in [6, 6.07) is 3.88. The van der Waals surface area contributed by atoms with Crippen LogP contribution in [0, 0.1) is 27.7 Å². The first-order chi connectivity index (χ1) is 11.8. The van der Waals surface area contributed by atoms with Crippen molar-refractivity contribution in [1.82, 2.24) is 9.38 Å². The summed E-state index contributed by atoms with van der Waals surface area (Å²) < 4.78 is 7.14. The van der Waals surface area contributed by atoms with Gasteiger partial charge in [-0.1, -0.05) is 6.07 Å². The zero-order valence-corrected chi connectivity index (χ0v) is 15.1. The summed E-state index contributed by atoms with van der Waals surface area (Å²) in [5.74, 6) is 0.172. The molecule has 0 saturated heterocycles. The average molecular weight is 338 g/mol. The number of aryl methyl sites for hydroxylation is 3. The first-order valence-electron chi connectivity index (χ1n) is 8.00. The third-order valence-corrected chi connectivity index (χ3v) is 4.71. The molecule has 0 fully saturated rings. The van der Waals surface area contributed by atoms with Crippen LogP contribution in [0.4, 0.5) is 5.69 Å². The van der Waals surface area contributed by atoms with E-state index in [0.29, 0.717) is 16.9 Å². The van der Waals surface area contributed by atoms with Gasteiger partial charge in [0.05, 0.1) is 18.4 Å². The third-order valence-electron chi connectivity index (χ3n) is 4.71. The molecule has 0 unspecified atom stereocenters. The summed E-state index contributed by atoms with van der Waals surface area (Å²) in [7, 11) is 1.63. The van der Waals surface area contributed by atoms with E-state index in [9.17, 15) is 4.79 Å². The molecule has 0 radical (unpaired) electrons. The van der Waals surface area contributed by atoms with Gasteiger partial charge in [0.25, 0.3) is 5.91 Å². The number of benzene rings is 1. The molecular formula is C19H22N4O2. The summed E-state index contributed by atoms with van der Waals surface area (Å²) in [6.45, 7) is 7.83. The van der Waals surface area contributed by atoms with Gasteiger partial charge in [0.2, 0.25) is 0 Å². The number of ether oxygens (including phenoxy) is 1. The second-order valence-electron chi connectivity index (χ2n) is 6.29. The number of nitrogen functional groups attached to an aromatic ring is 1. The Morgan fingerprint density at radius 1 is 1.12 bits per heavy atom. The van der Waals surface area contributed by atoms with Crippen molar-refractivity contribution in [2.45, 2.75) is 27.7 Å². The lowest BCUT2D eigenvalue weighted by atomic mass is 9.95. The number of anilines is 1. The van der Waals surface area contributed by atoms with Crippen LogP contribution in [0.1, 0.15) is 32.9 Å². The van der Waals surface area contributed by atoms with E-state index in [2.05, 4.69) is 4.98 Å². The summed E-state index contributed by atoms with van der Waals surface area (Å²) >= 11 is 0. The van der Waals surface area contributed by atoms with Crippen molar-refractivity contribution in [3.8, 4) is 16.9 Å². The summed E-state index contributed by atoms with van der Waals surface area (Å²) in [4.78, 5) is 16.7. The van der Waals surface area contributed by atoms with Crippen LogP contribution in [0.2, 0.25) is 0 Å². The zero-order valence-electron chi connectivity index (χ0n) is 15.1. The number of methoxy groups -OCH3 is 1. The van der Waals surface area contributed by atoms with Gasteiger partial charge in [-0.3, -0.25) is 9.20 Å². The smallest absolute Gasteiger partial charge is 0.267 e. The van der Waals surface area contributed by atoms with Crippen LogP contribution in [0.15, 0.2) is 18.3 Å². The second-order valence-corrected chi connectivity index (χ2v) is 6.29. The number of carbonyl (C=O) groups excluding carboxylic acids is 1. The number of amides is 1. The molecule has 130 valence electrons. The van der Waals surface area contributed by atoms with Gasteiger partial charge in [-0.2, -0.15) is 0 Å². The number of hydrogen-bond acceptors (Lipinski definition) is 4. The van der Waals surface area contributed by atoms with Crippen LogP contribution in [0.3, 0.4) is 0 Å². The molecule has 4 N–H and O–H groups in total. The normalized spacial score (nSPS) is 11.1. The maximum absolute atomic E-state index is 12.0. The molecule has 0 atom stereocenters. The number of primary amides is 1. The Bertz CT molecular complexity index is 1020. The van der Waals surface area contributed by atoms with Gasteiger partial charge >= 0.3 is 0 Å². The molecule has 6 nitrogen and oxygen atoms in total. The molecule has 0 bridgehead atoms. The van der Waals surface area contributed by atoms with Gasteiger partial charge in [0, 0.05) is 11.9 Å². The van der Waals surface area contributed by atoms with E-state index >= 15 is 0 Å². The molecule has 2 aromatic heterocycles. The lowest BCUT2D eigenvalue weighted by molar-refractivity contribution is 0.0995. The fourth-order valence-corrected chi connectivity index (χ4v) is 3.30. The number of carbonyl (C=O) groups is 1. The molecule has 1 amide bonds. The number of nitrogens with two attached hydrogens (primary N) is 2.